The van der Waals surface area contributed by atoms with E-state index in [2.05, 4.69) is 10.6 Å². The molecule has 0 aromatic heterocycles. The predicted octanol–water partition coefficient (Wildman–Crippen LogP) is 2.24. The molecular weight excluding hydrogens is 268 g/mol. The molecule has 2 N–H and O–H groups in total. The zero-order valence-corrected chi connectivity index (χ0v) is 12.4. The minimum absolute atomic E-state index is 0.00556. The third-order valence-electron chi connectivity index (χ3n) is 4.20. The number of amides is 2. The Hall–Kier alpha value is -1.91. The Morgan fingerprint density at radius 1 is 1.24 bits per heavy atom. The van der Waals surface area contributed by atoms with Crippen LogP contribution in [0.5, 0.6) is 11.5 Å². The van der Waals surface area contributed by atoms with Crippen molar-refractivity contribution < 1.29 is 14.3 Å². The highest BCUT2D eigenvalue weighted by atomic mass is 16.5. The van der Waals surface area contributed by atoms with Gasteiger partial charge in [-0.05, 0) is 43.0 Å². The van der Waals surface area contributed by atoms with E-state index in [0.29, 0.717) is 12.6 Å². The molecule has 114 valence electrons. The van der Waals surface area contributed by atoms with E-state index in [4.69, 9.17) is 9.47 Å². The van der Waals surface area contributed by atoms with Gasteiger partial charge in [0, 0.05) is 6.04 Å². The fraction of sp³-hybridized carbons (Fsp3) is 0.562. The molecule has 1 saturated carbocycles. The lowest BCUT2D eigenvalue weighted by atomic mass is 10.0. The summed E-state index contributed by atoms with van der Waals surface area (Å²) in [6.45, 7) is 0.511. The van der Waals surface area contributed by atoms with Gasteiger partial charge in [0.2, 0.25) is 0 Å². The first-order valence-electron chi connectivity index (χ1n) is 7.61. The van der Waals surface area contributed by atoms with Gasteiger partial charge in [-0.15, -0.1) is 0 Å². The van der Waals surface area contributed by atoms with Crippen LogP contribution in [0.3, 0.4) is 0 Å². The largest absolute Gasteiger partial charge is 0.497 e. The molecule has 1 heterocycles. The summed E-state index contributed by atoms with van der Waals surface area (Å²) in [5.41, 5.74) is 1.08. The number of urea groups is 1. The second-order valence-corrected chi connectivity index (χ2v) is 5.78. The average Bonchev–Trinajstić information content (AvgIpc) is 2.99. The Morgan fingerprint density at radius 3 is 2.76 bits per heavy atom. The number of rotatable bonds is 3. The van der Waals surface area contributed by atoms with Crippen molar-refractivity contribution in [2.24, 2.45) is 0 Å². The molecular formula is C16H22N2O3. The fourth-order valence-corrected chi connectivity index (χ4v) is 3.07. The van der Waals surface area contributed by atoms with E-state index in [9.17, 15) is 4.79 Å². The second kappa shape index (κ2) is 6.24. The van der Waals surface area contributed by atoms with E-state index in [1.807, 2.05) is 18.2 Å². The van der Waals surface area contributed by atoms with Crippen molar-refractivity contribution >= 4 is 6.03 Å². The summed E-state index contributed by atoms with van der Waals surface area (Å²) in [5.74, 6) is 1.69. The molecule has 0 unspecified atom stereocenters. The van der Waals surface area contributed by atoms with E-state index in [1.165, 1.54) is 12.8 Å². The molecule has 0 saturated heterocycles. The highest BCUT2D eigenvalue weighted by Gasteiger charge is 2.23. The number of ether oxygens (including phenoxy) is 2. The van der Waals surface area contributed by atoms with E-state index in [-0.39, 0.29) is 12.1 Å². The van der Waals surface area contributed by atoms with Crippen LogP contribution < -0.4 is 20.1 Å². The standard InChI is InChI=1S/C16H22N2O3/c1-20-14-6-7-15-11(9-14)8-13(10-21-15)18-16(19)17-12-4-2-3-5-12/h6-7,9,12-13H,2-5,8,10H2,1H3,(H2,17,18,19)/t13-/m0/s1. The lowest BCUT2D eigenvalue weighted by molar-refractivity contribution is 0.211. The molecule has 2 amide bonds. The predicted molar refractivity (Wildman–Crippen MR) is 79.9 cm³/mol. The maximum atomic E-state index is 12.0. The number of carbonyl (C=O) groups is 1. The Bertz CT molecular complexity index is 512. The van der Waals surface area contributed by atoms with Crippen LogP contribution in [0.15, 0.2) is 18.2 Å². The summed E-state index contributed by atoms with van der Waals surface area (Å²) >= 11 is 0. The van der Waals surface area contributed by atoms with Gasteiger partial charge in [-0.2, -0.15) is 0 Å². The van der Waals surface area contributed by atoms with Gasteiger partial charge in [-0.1, -0.05) is 12.8 Å². The lowest BCUT2D eigenvalue weighted by Crippen LogP contribution is -2.49. The average molecular weight is 290 g/mol. The van der Waals surface area contributed by atoms with Crippen LogP contribution in [0, 0.1) is 0 Å². The van der Waals surface area contributed by atoms with Crippen LogP contribution in [0.25, 0.3) is 0 Å². The number of hydrogen-bond donors (Lipinski definition) is 2. The summed E-state index contributed by atoms with van der Waals surface area (Å²) in [6, 6.07) is 6.04. The summed E-state index contributed by atoms with van der Waals surface area (Å²) in [4.78, 5) is 12.0. The summed E-state index contributed by atoms with van der Waals surface area (Å²) in [6.07, 6.45) is 5.38. The van der Waals surface area contributed by atoms with Crippen molar-refractivity contribution in [1.29, 1.82) is 0 Å². The van der Waals surface area contributed by atoms with Crippen molar-refractivity contribution in [2.45, 2.75) is 44.2 Å². The van der Waals surface area contributed by atoms with Gasteiger partial charge in [0.1, 0.15) is 18.1 Å². The normalized spacial score (nSPS) is 21.3. The number of methoxy groups -OCH3 is 1. The number of benzene rings is 1. The minimum atomic E-state index is -0.0816. The molecule has 5 heteroatoms. The molecule has 0 radical (unpaired) electrons. The first-order chi connectivity index (χ1) is 10.2. The summed E-state index contributed by atoms with van der Waals surface area (Å²) in [5, 5.41) is 6.05. The molecule has 1 aromatic rings. The second-order valence-electron chi connectivity index (χ2n) is 5.78. The van der Waals surface area contributed by atoms with Crippen LogP contribution in [-0.4, -0.2) is 31.8 Å². The number of nitrogens with one attached hydrogen (secondary N) is 2. The maximum Gasteiger partial charge on any atom is 0.315 e. The molecule has 0 spiro atoms. The quantitative estimate of drug-likeness (QED) is 0.897. The van der Waals surface area contributed by atoms with E-state index in [1.54, 1.807) is 7.11 Å². The molecule has 1 fully saturated rings. The smallest absolute Gasteiger partial charge is 0.315 e. The Morgan fingerprint density at radius 2 is 2.00 bits per heavy atom. The Labute approximate surface area is 125 Å². The van der Waals surface area contributed by atoms with Crippen molar-refractivity contribution in [3.05, 3.63) is 23.8 Å². The molecule has 1 aliphatic heterocycles. The number of hydrogen-bond acceptors (Lipinski definition) is 3. The van der Waals surface area contributed by atoms with Crippen LogP contribution in [-0.2, 0) is 6.42 Å². The zero-order chi connectivity index (χ0) is 14.7. The van der Waals surface area contributed by atoms with Crippen molar-refractivity contribution in [2.75, 3.05) is 13.7 Å². The summed E-state index contributed by atoms with van der Waals surface area (Å²) in [7, 11) is 1.65. The fourth-order valence-electron chi connectivity index (χ4n) is 3.07. The molecule has 1 atom stereocenters. The maximum absolute atomic E-state index is 12.0. The highest BCUT2D eigenvalue weighted by molar-refractivity contribution is 5.74. The summed E-state index contributed by atoms with van der Waals surface area (Å²) < 4.78 is 10.9. The van der Waals surface area contributed by atoms with Gasteiger partial charge in [0.05, 0.1) is 13.2 Å². The van der Waals surface area contributed by atoms with Gasteiger partial charge in [0.25, 0.3) is 0 Å². The number of carbonyl (C=O) groups excluding carboxylic acids is 1. The van der Waals surface area contributed by atoms with Gasteiger partial charge in [0.15, 0.2) is 0 Å². The van der Waals surface area contributed by atoms with Crippen LogP contribution in [0.1, 0.15) is 31.2 Å². The third kappa shape index (κ3) is 3.40. The SMILES string of the molecule is COc1ccc2c(c1)C[C@H](NC(=O)NC1CCCC1)CO2. The number of fused-ring (bicyclic) bond motifs is 1. The Kier molecular flexibility index (Phi) is 4.18. The van der Waals surface area contributed by atoms with Crippen molar-refractivity contribution in [3.63, 3.8) is 0 Å². The van der Waals surface area contributed by atoms with Crippen molar-refractivity contribution in [1.82, 2.24) is 10.6 Å². The zero-order valence-electron chi connectivity index (χ0n) is 12.4. The third-order valence-corrected chi connectivity index (χ3v) is 4.20. The molecule has 5 nitrogen and oxygen atoms in total. The van der Waals surface area contributed by atoms with E-state index in [0.717, 1.165) is 36.3 Å². The van der Waals surface area contributed by atoms with Crippen molar-refractivity contribution in [3.8, 4) is 11.5 Å². The lowest BCUT2D eigenvalue weighted by Gasteiger charge is -2.27. The van der Waals surface area contributed by atoms with Gasteiger partial charge >= 0.3 is 6.03 Å². The molecule has 1 aliphatic carbocycles. The molecule has 1 aromatic carbocycles. The van der Waals surface area contributed by atoms with E-state index < -0.39 is 0 Å². The van der Waals surface area contributed by atoms with Gasteiger partial charge < -0.3 is 20.1 Å². The first-order valence-corrected chi connectivity index (χ1v) is 7.61. The molecule has 3 rings (SSSR count). The van der Waals surface area contributed by atoms with Crippen LogP contribution in [0.4, 0.5) is 4.79 Å². The highest BCUT2D eigenvalue weighted by Crippen LogP contribution is 2.28. The molecule has 0 bridgehead atoms. The van der Waals surface area contributed by atoms with E-state index >= 15 is 0 Å². The molecule has 2 aliphatic rings. The Balaban J connectivity index is 1.56. The van der Waals surface area contributed by atoms with Crippen LogP contribution in [0.2, 0.25) is 0 Å². The topological polar surface area (TPSA) is 59.6 Å². The minimum Gasteiger partial charge on any atom is -0.497 e. The first kappa shape index (κ1) is 14.0. The molecule has 21 heavy (non-hydrogen) atoms. The van der Waals surface area contributed by atoms with Gasteiger partial charge in [-0.25, -0.2) is 4.79 Å². The monoisotopic (exact) mass is 290 g/mol. The van der Waals surface area contributed by atoms with Crippen LogP contribution >= 0.6 is 0 Å². The van der Waals surface area contributed by atoms with Gasteiger partial charge in [-0.3, -0.25) is 0 Å².